The molecule has 3 heterocycles. The maximum absolute atomic E-state index is 14.1. The Morgan fingerprint density at radius 1 is 1.14 bits per heavy atom. The van der Waals surface area contributed by atoms with E-state index in [-0.39, 0.29) is 11.7 Å². The molecule has 0 aliphatic carbocycles. The van der Waals surface area contributed by atoms with Crippen molar-refractivity contribution in [3.63, 3.8) is 0 Å². The van der Waals surface area contributed by atoms with Gasteiger partial charge in [0.05, 0.1) is 17.8 Å². The van der Waals surface area contributed by atoms with E-state index < -0.39 is 0 Å². The largest absolute Gasteiger partial charge is 0.348 e. The number of para-hydroxylation sites is 1. The van der Waals surface area contributed by atoms with Crippen LogP contribution >= 0.6 is 0 Å². The van der Waals surface area contributed by atoms with Gasteiger partial charge in [-0.15, -0.1) is 0 Å². The van der Waals surface area contributed by atoms with Crippen LogP contribution in [0.1, 0.15) is 27.3 Å². The van der Waals surface area contributed by atoms with Crippen LogP contribution in [0, 0.1) is 12.7 Å². The molecule has 28 heavy (non-hydrogen) atoms. The predicted octanol–water partition coefficient (Wildman–Crippen LogP) is 4.20. The molecule has 0 fully saturated rings. The van der Waals surface area contributed by atoms with Crippen molar-refractivity contribution >= 4 is 16.8 Å². The van der Waals surface area contributed by atoms with Gasteiger partial charge in [-0.25, -0.2) is 4.39 Å². The van der Waals surface area contributed by atoms with Crippen LogP contribution in [0.5, 0.6) is 0 Å². The topological polar surface area (TPSA) is 64.8 Å². The van der Waals surface area contributed by atoms with Crippen molar-refractivity contribution in [2.24, 2.45) is 0 Å². The summed E-state index contributed by atoms with van der Waals surface area (Å²) in [5.74, 6) is -0.458. The van der Waals surface area contributed by atoms with Crippen molar-refractivity contribution in [3.8, 4) is 11.3 Å². The molecule has 0 saturated heterocycles. The molecule has 5 rings (SSSR count). The van der Waals surface area contributed by atoms with Crippen molar-refractivity contribution in [2.75, 3.05) is 6.54 Å². The average Bonchev–Trinajstić information content (AvgIpc) is 3.30. The molecule has 1 aliphatic heterocycles. The van der Waals surface area contributed by atoms with Gasteiger partial charge in [0.25, 0.3) is 5.91 Å². The number of rotatable bonds is 2. The molecule has 0 unspecified atom stereocenters. The zero-order chi connectivity index (χ0) is 19.3. The maximum Gasteiger partial charge on any atom is 0.270 e. The molecule has 4 aromatic rings. The number of aromatic nitrogens is 3. The molecule has 2 N–H and O–H groups in total. The highest BCUT2D eigenvalue weighted by molar-refractivity contribution is 6.01. The molecular formula is C22H19FN4O. The Morgan fingerprint density at radius 2 is 1.96 bits per heavy atom. The molecule has 0 spiro atoms. The first-order valence-electron chi connectivity index (χ1n) is 9.31. The van der Waals surface area contributed by atoms with Crippen molar-refractivity contribution in [1.29, 1.82) is 0 Å². The Balaban J connectivity index is 1.50. The van der Waals surface area contributed by atoms with Gasteiger partial charge in [0.2, 0.25) is 0 Å². The Bertz CT molecular complexity index is 1190. The number of hydrogen-bond donors (Lipinski definition) is 2. The molecule has 2 aromatic heterocycles. The Morgan fingerprint density at radius 3 is 2.75 bits per heavy atom. The molecule has 1 aliphatic rings. The lowest BCUT2D eigenvalue weighted by Gasteiger charge is -2.27. The van der Waals surface area contributed by atoms with Gasteiger partial charge in [0.15, 0.2) is 0 Å². The van der Waals surface area contributed by atoms with E-state index in [9.17, 15) is 9.18 Å². The molecule has 6 heteroatoms. The van der Waals surface area contributed by atoms with Gasteiger partial charge in [-0.3, -0.25) is 9.89 Å². The number of carbonyl (C=O) groups excluding carboxylic acids is 1. The number of benzene rings is 2. The molecule has 0 radical (unpaired) electrons. The number of H-pyrrole nitrogens is 2. The number of nitrogens with zero attached hydrogens (tertiary/aromatic N) is 2. The number of aryl methyl sites for hydroxylation is 1. The number of fused-ring (bicyclic) bond motifs is 2. The Hall–Kier alpha value is -3.41. The highest BCUT2D eigenvalue weighted by Gasteiger charge is 2.28. The van der Waals surface area contributed by atoms with Gasteiger partial charge in [-0.2, -0.15) is 5.10 Å². The zero-order valence-electron chi connectivity index (χ0n) is 15.4. The summed E-state index contributed by atoms with van der Waals surface area (Å²) in [5, 5.41) is 8.34. The van der Waals surface area contributed by atoms with Gasteiger partial charge in [-0.1, -0.05) is 42.5 Å². The van der Waals surface area contributed by atoms with Crippen LogP contribution in [-0.2, 0) is 13.0 Å². The summed E-state index contributed by atoms with van der Waals surface area (Å²) in [6, 6.07) is 14.8. The number of halogens is 1. The second-order valence-electron chi connectivity index (χ2n) is 7.16. The van der Waals surface area contributed by atoms with Gasteiger partial charge >= 0.3 is 0 Å². The van der Waals surface area contributed by atoms with E-state index in [2.05, 4.69) is 15.2 Å². The lowest BCUT2D eigenvalue weighted by molar-refractivity contribution is 0.0729. The second-order valence-corrected chi connectivity index (χ2v) is 7.16. The standard InChI is InChI=1S/C22H19FN4O/c1-13-15-8-5-9-17(23)21(15)24-19(13)22(28)27-11-10-18-16(12-27)20(26-25-18)14-6-3-2-4-7-14/h2-9,24H,10-12H2,1H3,(H,25,26). The lowest BCUT2D eigenvalue weighted by Crippen LogP contribution is -2.36. The number of amides is 1. The van der Waals surface area contributed by atoms with Crippen molar-refractivity contribution in [2.45, 2.75) is 19.9 Å². The normalized spacial score (nSPS) is 13.7. The van der Waals surface area contributed by atoms with Crippen LogP contribution in [0.25, 0.3) is 22.2 Å². The van der Waals surface area contributed by atoms with Crippen LogP contribution in [0.4, 0.5) is 4.39 Å². The smallest absolute Gasteiger partial charge is 0.270 e. The number of nitrogens with one attached hydrogen (secondary N) is 2. The minimum Gasteiger partial charge on any atom is -0.348 e. The fraction of sp³-hybridized carbons (Fsp3) is 0.182. The molecular weight excluding hydrogens is 355 g/mol. The monoisotopic (exact) mass is 374 g/mol. The van der Waals surface area contributed by atoms with Crippen molar-refractivity contribution in [1.82, 2.24) is 20.1 Å². The summed E-state index contributed by atoms with van der Waals surface area (Å²) in [6.07, 6.45) is 0.717. The first-order chi connectivity index (χ1) is 13.6. The van der Waals surface area contributed by atoms with E-state index in [4.69, 9.17) is 0 Å². The lowest BCUT2D eigenvalue weighted by atomic mass is 10.0. The summed E-state index contributed by atoms with van der Waals surface area (Å²) in [6.45, 7) is 2.93. The summed E-state index contributed by atoms with van der Waals surface area (Å²) in [4.78, 5) is 18.0. The molecule has 0 saturated carbocycles. The van der Waals surface area contributed by atoms with E-state index in [1.807, 2.05) is 43.3 Å². The first-order valence-corrected chi connectivity index (χ1v) is 9.31. The molecule has 140 valence electrons. The average molecular weight is 374 g/mol. The second kappa shape index (κ2) is 6.34. The van der Waals surface area contributed by atoms with Crippen molar-refractivity contribution in [3.05, 3.63) is 76.9 Å². The zero-order valence-corrected chi connectivity index (χ0v) is 15.4. The van der Waals surface area contributed by atoms with Crippen LogP contribution < -0.4 is 0 Å². The van der Waals surface area contributed by atoms with Gasteiger partial charge in [0, 0.05) is 35.2 Å². The van der Waals surface area contributed by atoms with E-state index in [1.165, 1.54) is 6.07 Å². The third kappa shape index (κ3) is 2.52. The van der Waals surface area contributed by atoms with Gasteiger partial charge in [0.1, 0.15) is 11.5 Å². The molecule has 0 atom stereocenters. The number of hydrogen-bond acceptors (Lipinski definition) is 2. The fourth-order valence-electron chi connectivity index (χ4n) is 3.99. The Labute approximate surface area is 161 Å². The van der Waals surface area contributed by atoms with Crippen LogP contribution in [0.3, 0.4) is 0 Å². The highest BCUT2D eigenvalue weighted by Crippen LogP contribution is 2.30. The maximum atomic E-state index is 14.1. The molecule has 0 bridgehead atoms. The number of carbonyl (C=O) groups is 1. The predicted molar refractivity (Wildman–Crippen MR) is 105 cm³/mol. The summed E-state index contributed by atoms with van der Waals surface area (Å²) < 4.78 is 14.1. The Kier molecular flexibility index (Phi) is 3.79. The van der Waals surface area contributed by atoms with Crippen LogP contribution in [0.2, 0.25) is 0 Å². The quantitative estimate of drug-likeness (QED) is 0.552. The van der Waals surface area contributed by atoms with Crippen molar-refractivity contribution < 1.29 is 9.18 Å². The van der Waals surface area contributed by atoms with E-state index in [0.717, 1.165) is 33.5 Å². The van der Waals surface area contributed by atoms with E-state index >= 15 is 0 Å². The van der Waals surface area contributed by atoms with Gasteiger partial charge < -0.3 is 9.88 Å². The minimum absolute atomic E-state index is 0.112. The van der Waals surface area contributed by atoms with E-state index in [1.54, 1.807) is 11.0 Å². The SMILES string of the molecule is Cc1c(C(=O)N2CCc3[nH]nc(-c4ccccc4)c3C2)[nH]c2c(F)cccc12. The minimum atomic E-state index is -0.346. The summed E-state index contributed by atoms with van der Waals surface area (Å²) >= 11 is 0. The van der Waals surface area contributed by atoms with E-state index in [0.29, 0.717) is 30.7 Å². The summed E-state index contributed by atoms with van der Waals surface area (Å²) in [5.41, 5.74) is 5.64. The molecule has 5 nitrogen and oxygen atoms in total. The number of aromatic amines is 2. The summed E-state index contributed by atoms with van der Waals surface area (Å²) in [7, 11) is 0. The van der Waals surface area contributed by atoms with Crippen LogP contribution in [-0.4, -0.2) is 32.5 Å². The highest BCUT2D eigenvalue weighted by atomic mass is 19.1. The third-order valence-electron chi connectivity index (χ3n) is 5.52. The van der Waals surface area contributed by atoms with Gasteiger partial charge in [-0.05, 0) is 18.6 Å². The fourth-order valence-corrected chi connectivity index (χ4v) is 3.99. The third-order valence-corrected chi connectivity index (χ3v) is 5.52. The molecule has 2 aromatic carbocycles. The molecule has 1 amide bonds. The first kappa shape index (κ1) is 16.7. The van der Waals surface area contributed by atoms with Crippen LogP contribution in [0.15, 0.2) is 48.5 Å².